The number of rotatable bonds is 7. The lowest BCUT2D eigenvalue weighted by atomic mass is 10.0. The minimum absolute atomic E-state index is 0. The normalized spacial score (nSPS) is 17.7. The summed E-state index contributed by atoms with van der Waals surface area (Å²) < 4.78 is 0. The highest BCUT2D eigenvalue weighted by molar-refractivity contribution is 14.0. The molecule has 27 heavy (non-hydrogen) atoms. The maximum atomic E-state index is 11.2. The number of guanidine groups is 1. The van der Waals surface area contributed by atoms with Gasteiger partial charge in [-0.3, -0.25) is 14.7 Å². The third-order valence-corrected chi connectivity index (χ3v) is 4.84. The Morgan fingerprint density at radius 1 is 1.30 bits per heavy atom. The number of benzene rings is 1. The average molecular weight is 487 g/mol. The Kier molecular flexibility index (Phi) is 11.3. The van der Waals surface area contributed by atoms with E-state index in [1.807, 2.05) is 24.3 Å². The number of likely N-dealkylation sites (tertiary alicyclic amines) is 1. The van der Waals surface area contributed by atoms with Crippen LogP contribution in [0.2, 0.25) is 0 Å². The topological polar surface area (TPSA) is 68.8 Å². The molecule has 1 aliphatic heterocycles. The first-order chi connectivity index (χ1) is 12.6. The highest BCUT2D eigenvalue weighted by Crippen LogP contribution is 2.18. The molecule has 3 N–H and O–H groups in total. The van der Waals surface area contributed by atoms with Crippen LogP contribution in [0, 0.1) is 0 Å². The van der Waals surface area contributed by atoms with Crippen LogP contribution in [0.15, 0.2) is 29.3 Å². The Morgan fingerprint density at radius 2 is 2.11 bits per heavy atom. The molecule has 0 radical (unpaired) electrons. The molecule has 1 fully saturated rings. The van der Waals surface area contributed by atoms with E-state index in [0.29, 0.717) is 6.54 Å². The number of carbonyl (C=O) groups is 1. The number of hydrogen-bond acceptors (Lipinski definition) is 3. The summed E-state index contributed by atoms with van der Waals surface area (Å²) in [7, 11) is 1.79. The summed E-state index contributed by atoms with van der Waals surface area (Å²) in [6.45, 7) is 7.62. The number of halogens is 1. The lowest BCUT2D eigenvalue weighted by Crippen LogP contribution is -2.45. The predicted octanol–water partition coefficient (Wildman–Crippen LogP) is 3.19. The number of nitrogens with one attached hydrogen (secondary N) is 3. The zero-order chi connectivity index (χ0) is 18.8. The van der Waals surface area contributed by atoms with Gasteiger partial charge >= 0.3 is 0 Å². The summed E-state index contributed by atoms with van der Waals surface area (Å²) in [5.74, 6) is 0.746. The van der Waals surface area contributed by atoms with Crippen molar-refractivity contribution in [1.29, 1.82) is 0 Å². The number of amides is 1. The number of nitrogens with zero attached hydrogens (tertiary/aromatic N) is 2. The Bertz CT molecular complexity index is 608. The Morgan fingerprint density at radius 3 is 2.81 bits per heavy atom. The van der Waals surface area contributed by atoms with E-state index in [1.165, 1.54) is 39.2 Å². The van der Waals surface area contributed by atoms with Gasteiger partial charge in [0.1, 0.15) is 0 Å². The molecular formula is C20H34IN5O. The smallest absolute Gasteiger partial charge is 0.221 e. The molecule has 0 saturated carbocycles. The van der Waals surface area contributed by atoms with E-state index in [1.54, 1.807) is 7.05 Å². The molecule has 0 aromatic heterocycles. The number of hydrogen-bond donors (Lipinski definition) is 3. The van der Waals surface area contributed by atoms with Crippen molar-refractivity contribution in [2.75, 3.05) is 32.0 Å². The lowest BCUT2D eigenvalue weighted by Gasteiger charge is -2.35. The first-order valence-corrected chi connectivity index (χ1v) is 9.67. The summed E-state index contributed by atoms with van der Waals surface area (Å²) >= 11 is 0. The van der Waals surface area contributed by atoms with Crippen LogP contribution in [0.1, 0.15) is 45.1 Å². The monoisotopic (exact) mass is 487 g/mol. The molecule has 1 aromatic rings. The Labute approximate surface area is 180 Å². The van der Waals surface area contributed by atoms with Gasteiger partial charge < -0.3 is 16.0 Å². The fourth-order valence-corrected chi connectivity index (χ4v) is 3.50. The van der Waals surface area contributed by atoms with Crippen molar-refractivity contribution in [3.63, 3.8) is 0 Å². The van der Waals surface area contributed by atoms with E-state index in [-0.39, 0.29) is 29.9 Å². The van der Waals surface area contributed by atoms with Crippen LogP contribution in [0.3, 0.4) is 0 Å². The maximum Gasteiger partial charge on any atom is 0.221 e. The minimum atomic E-state index is -0.0596. The molecule has 6 nitrogen and oxygen atoms in total. The number of carbonyl (C=O) groups excluding carboxylic acids is 1. The van der Waals surface area contributed by atoms with E-state index >= 15 is 0 Å². The number of piperidine rings is 1. The van der Waals surface area contributed by atoms with Crippen LogP contribution in [0.5, 0.6) is 0 Å². The predicted molar refractivity (Wildman–Crippen MR) is 124 cm³/mol. The van der Waals surface area contributed by atoms with Crippen molar-refractivity contribution in [3.8, 4) is 0 Å². The van der Waals surface area contributed by atoms with Gasteiger partial charge in [0, 0.05) is 45.3 Å². The second kappa shape index (κ2) is 12.9. The molecule has 1 heterocycles. The van der Waals surface area contributed by atoms with E-state index in [4.69, 9.17) is 0 Å². The van der Waals surface area contributed by atoms with Crippen molar-refractivity contribution >= 4 is 41.5 Å². The standard InChI is InChI=1S/C20H33N5O.HI/c1-4-19-10-5-6-12-25(19)13-11-22-20(21-3)23-15-17-8-7-9-18(14-17)24-16(2)26;/h7-9,14,19H,4-6,10-13,15H2,1-3H3,(H,24,26)(H2,21,22,23);1H. The molecule has 152 valence electrons. The summed E-state index contributed by atoms with van der Waals surface area (Å²) in [4.78, 5) is 18.1. The van der Waals surface area contributed by atoms with Crippen LogP contribution >= 0.6 is 24.0 Å². The second-order valence-corrected chi connectivity index (χ2v) is 6.83. The molecule has 0 bridgehead atoms. The van der Waals surface area contributed by atoms with Crippen molar-refractivity contribution in [1.82, 2.24) is 15.5 Å². The van der Waals surface area contributed by atoms with Gasteiger partial charge in [0.25, 0.3) is 0 Å². The van der Waals surface area contributed by atoms with Gasteiger partial charge in [-0.25, -0.2) is 0 Å². The van der Waals surface area contributed by atoms with E-state index in [9.17, 15) is 4.79 Å². The summed E-state index contributed by atoms with van der Waals surface area (Å²) in [6.07, 6.45) is 5.24. The molecule has 0 aliphatic carbocycles. The van der Waals surface area contributed by atoms with E-state index < -0.39 is 0 Å². The summed E-state index contributed by atoms with van der Waals surface area (Å²) in [5.41, 5.74) is 1.91. The van der Waals surface area contributed by atoms with Gasteiger partial charge in [-0.05, 0) is 43.5 Å². The van der Waals surface area contributed by atoms with Crippen LogP contribution in [0.25, 0.3) is 0 Å². The SMILES string of the molecule is CCC1CCCCN1CCNC(=NC)NCc1cccc(NC(C)=O)c1.I. The fourth-order valence-electron chi connectivity index (χ4n) is 3.50. The van der Waals surface area contributed by atoms with Crippen molar-refractivity contribution in [3.05, 3.63) is 29.8 Å². The molecule has 1 amide bonds. The zero-order valence-corrected chi connectivity index (χ0v) is 19.1. The van der Waals surface area contributed by atoms with Gasteiger partial charge in [0.2, 0.25) is 5.91 Å². The summed E-state index contributed by atoms with van der Waals surface area (Å²) in [6, 6.07) is 8.57. The third-order valence-electron chi connectivity index (χ3n) is 4.84. The van der Waals surface area contributed by atoms with Crippen LogP contribution in [-0.4, -0.2) is 49.5 Å². The van der Waals surface area contributed by atoms with Crippen LogP contribution in [-0.2, 0) is 11.3 Å². The van der Waals surface area contributed by atoms with Crippen molar-refractivity contribution < 1.29 is 4.79 Å². The van der Waals surface area contributed by atoms with Crippen LogP contribution < -0.4 is 16.0 Å². The largest absolute Gasteiger partial charge is 0.355 e. The lowest BCUT2D eigenvalue weighted by molar-refractivity contribution is -0.114. The molecule has 1 unspecified atom stereocenters. The minimum Gasteiger partial charge on any atom is -0.355 e. The van der Waals surface area contributed by atoms with Crippen LogP contribution in [0.4, 0.5) is 5.69 Å². The molecule has 7 heteroatoms. The Hall–Kier alpha value is -1.35. The molecule has 1 saturated heterocycles. The van der Waals surface area contributed by atoms with Gasteiger partial charge in [0.05, 0.1) is 0 Å². The van der Waals surface area contributed by atoms with Gasteiger partial charge in [0.15, 0.2) is 5.96 Å². The molecule has 1 atom stereocenters. The molecule has 2 rings (SSSR count). The molecule has 1 aliphatic rings. The maximum absolute atomic E-state index is 11.2. The van der Waals surface area contributed by atoms with Crippen molar-refractivity contribution in [2.24, 2.45) is 4.99 Å². The molecule has 0 spiro atoms. The fraction of sp³-hybridized carbons (Fsp3) is 0.600. The second-order valence-electron chi connectivity index (χ2n) is 6.83. The molecular weight excluding hydrogens is 453 g/mol. The van der Waals surface area contributed by atoms with Crippen molar-refractivity contribution in [2.45, 2.75) is 52.1 Å². The van der Waals surface area contributed by atoms with Gasteiger partial charge in [-0.1, -0.05) is 25.5 Å². The average Bonchev–Trinajstić information content (AvgIpc) is 2.64. The van der Waals surface area contributed by atoms with E-state index in [0.717, 1.165) is 36.3 Å². The molecule has 1 aromatic carbocycles. The van der Waals surface area contributed by atoms with E-state index in [2.05, 4.69) is 32.8 Å². The summed E-state index contributed by atoms with van der Waals surface area (Å²) in [5, 5.41) is 9.55. The van der Waals surface area contributed by atoms with Gasteiger partial charge in [-0.15, -0.1) is 24.0 Å². The number of anilines is 1. The highest BCUT2D eigenvalue weighted by Gasteiger charge is 2.19. The number of aliphatic imine (C=N–C) groups is 1. The van der Waals surface area contributed by atoms with Gasteiger partial charge in [-0.2, -0.15) is 0 Å². The zero-order valence-electron chi connectivity index (χ0n) is 16.8. The quantitative estimate of drug-likeness (QED) is 0.314. The highest BCUT2D eigenvalue weighted by atomic mass is 127. The Balaban J connectivity index is 0.00000364. The first kappa shape index (κ1) is 23.7. The first-order valence-electron chi connectivity index (χ1n) is 9.67. The third kappa shape index (κ3) is 8.47.